The molecule has 16 nitrogen and oxygen atoms in total. The summed E-state index contributed by atoms with van der Waals surface area (Å²) in [6.07, 6.45) is 2.32. The topological polar surface area (TPSA) is 226 Å². The Hall–Kier alpha value is -4.12. The maximum Gasteiger partial charge on any atom is 0.272 e. The van der Waals surface area contributed by atoms with Gasteiger partial charge < -0.3 is 32.0 Å². The van der Waals surface area contributed by atoms with Gasteiger partial charge in [-0.25, -0.2) is 10.0 Å². The summed E-state index contributed by atoms with van der Waals surface area (Å²) in [4.78, 5) is 31.9. The standard InChI is InChI=1S/C24H34ClN13O3/c1-2-13-41-16-6-3-15(4-7-16)5-8-17(39)37-11-9-24(10-12-37)14-38(28)23(32-24)31-22(40)18-20(33-35-26)30-21(34-36-27)19(25)29-18/h2-4,6-7,20,23,30,32H,1,5,8-14,28H2,(H2,26,33)(H2,27,34)(H,31,40). The van der Waals surface area contributed by atoms with Crippen molar-refractivity contribution in [1.82, 2.24) is 25.9 Å². The quantitative estimate of drug-likeness (QED) is 0.0716. The third-order valence-corrected chi connectivity index (χ3v) is 7.30. The molecule has 0 radical (unpaired) electrons. The number of aryl methyl sites for hydroxylation is 1. The van der Waals surface area contributed by atoms with Gasteiger partial charge in [-0.3, -0.25) is 20.7 Å². The zero-order valence-electron chi connectivity index (χ0n) is 22.4. The molecule has 2 unspecified atom stereocenters. The van der Waals surface area contributed by atoms with Gasteiger partial charge in [-0.2, -0.15) is 0 Å². The summed E-state index contributed by atoms with van der Waals surface area (Å²) in [6.45, 7) is 5.70. The van der Waals surface area contributed by atoms with Crippen LogP contribution < -0.4 is 38.2 Å². The molecule has 220 valence electrons. The Bertz CT molecular complexity index is 1240. The van der Waals surface area contributed by atoms with Crippen molar-refractivity contribution in [1.29, 1.82) is 0 Å². The molecular formula is C24H34ClN13O3. The normalized spacial score (nSPS) is 22.7. The lowest BCUT2D eigenvalue weighted by molar-refractivity contribution is -0.132. The van der Waals surface area contributed by atoms with Gasteiger partial charge >= 0.3 is 0 Å². The minimum atomic E-state index is -1.07. The van der Waals surface area contributed by atoms with Crippen molar-refractivity contribution in [3.63, 3.8) is 0 Å². The van der Waals surface area contributed by atoms with Crippen molar-refractivity contribution in [2.75, 3.05) is 26.2 Å². The average Bonchev–Trinajstić information content (AvgIpc) is 3.26. The van der Waals surface area contributed by atoms with Crippen LogP contribution in [0.4, 0.5) is 0 Å². The molecule has 3 aliphatic heterocycles. The highest BCUT2D eigenvalue weighted by Crippen LogP contribution is 2.28. The van der Waals surface area contributed by atoms with E-state index in [0.29, 0.717) is 51.9 Å². The summed E-state index contributed by atoms with van der Waals surface area (Å²) in [5, 5.41) is 24.1. The molecule has 1 aromatic rings. The van der Waals surface area contributed by atoms with Crippen molar-refractivity contribution in [3.8, 4) is 5.75 Å². The number of hydrogen-bond donors (Lipinski definition) is 6. The smallest absolute Gasteiger partial charge is 0.272 e. The lowest BCUT2D eigenvalue weighted by Gasteiger charge is -2.39. The number of nitrogens with one attached hydrogen (secondary N) is 3. The van der Waals surface area contributed by atoms with Gasteiger partial charge in [0, 0.05) is 31.6 Å². The van der Waals surface area contributed by atoms with Crippen molar-refractivity contribution < 1.29 is 14.3 Å². The van der Waals surface area contributed by atoms with Crippen LogP contribution in [0.3, 0.4) is 0 Å². The highest BCUT2D eigenvalue weighted by molar-refractivity contribution is 6.43. The molecule has 2 atom stereocenters. The number of nitrogens with zero attached hydrogens (tertiary/aromatic N) is 7. The zero-order chi connectivity index (χ0) is 29.4. The van der Waals surface area contributed by atoms with Crippen LogP contribution in [0.15, 0.2) is 73.6 Å². The van der Waals surface area contributed by atoms with Crippen LogP contribution in [0.1, 0.15) is 24.8 Å². The molecule has 0 bridgehead atoms. The molecule has 0 aliphatic carbocycles. The van der Waals surface area contributed by atoms with E-state index in [0.717, 1.165) is 11.3 Å². The monoisotopic (exact) mass is 587 g/mol. The van der Waals surface area contributed by atoms with E-state index in [2.05, 4.69) is 48.2 Å². The van der Waals surface area contributed by atoms with Crippen molar-refractivity contribution in [2.45, 2.75) is 43.7 Å². The van der Waals surface area contributed by atoms with Crippen LogP contribution in [-0.4, -0.2) is 71.7 Å². The van der Waals surface area contributed by atoms with Gasteiger partial charge in [0.05, 0.1) is 0 Å². The molecule has 41 heavy (non-hydrogen) atoms. The van der Waals surface area contributed by atoms with E-state index in [-0.39, 0.29) is 28.1 Å². The first-order valence-corrected chi connectivity index (χ1v) is 13.3. The molecule has 2 amide bonds. The van der Waals surface area contributed by atoms with E-state index < -0.39 is 18.4 Å². The molecule has 1 aromatic carbocycles. The summed E-state index contributed by atoms with van der Waals surface area (Å²) in [5.41, 5.74) is 0.591. The van der Waals surface area contributed by atoms with Crippen LogP contribution in [0.2, 0.25) is 0 Å². The second-order valence-corrected chi connectivity index (χ2v) is 10.1. The highest BCUT2D eigenvalue weighted by atomic mass is 35.5. The van der Waals surface area contributed by atoms with Gasteiger partial charge in [0.15, 0.2) is 22.9 Å². The Morgan fingerprint density at radius 3 is 2.63 bits per heavy atom. The summed E-state index contributed by atoms with van der Waals surface area (Å²) in [7, 11) is 0. The number of piperidine rings is 1. The second-order valence-electron chi connectivity index (χ2n) is 9.73. The number of amides is 2. The molecule has 0 aromatic heterocycles. The predicted molar refractivity (Wildman–Crippen MR) is 150 cm³/mol. The van der Waals surface area contributed by atoms with E-state index in [1.165, 1.54) is 5.01 Å². The first-order chi connectivity index (χ1) is 19.8. The van der Waals surface area contributed by atoms with Crippen LogP contribution in [0.25, 0.3) is 0 Å². The van der Waals surface area contributed by atoms with Gasteiger partial charge in [-0.1, -0.05) is 46.8 Å². The van der Waals surface area contributed by atoms with Crippen LogP contribution >= 0.6 is 11.6 Å². The molecule has 4 rings (SSSR count). The maximum atomic E-state index is 13.1. The molecule has 3 heterocycles. The molecule has 9 N–H and O–H groups in total. The fourth-order valence-corrected chi connectivity index (χ4v) is 5.09. The third-order valence-electron chi connectivity index (χ3n) is 7.04. The number of aliphatic imine (C=N–C) groups is 1. The zero-order valence-corrected chi connectivity index (χ0v) is 23.1. The third kappa shape index (κ3) is 7.35. The SMILES string of the molecule is C=CCOc1ccc(CCC(=O)N2CCC3(CC2)CN(N)C(NC(=O)C2=NC(Cl)=C(N=NN)NC2N=NN)N3)cc1. The number of carbonyl (C=O) groups excluding carboxylic acids is 2. The van der Waals surface area contributed by atoms with E-state index >= 15 is 0 Å². The lowest BCUT2D eigenvalue weighted by Crippen LogP contribution is -2.59. The van der Waals surface area contributed by atoms with E-state index in [9.17, 15) is 9.59 Å². The Morgan fingerprint density at radius 1 is 1.24 bits per heavy atom. The summed E-state index contributed by atoms with van der Waals surface area (Å²) in [5.74, 6) is 16.8. The number of benzene rings is 1. The van der Waals surface area contributed by atoms with Gasteiger partial charge in [0.25, 0.3) is 5.91 Å². The number of likely N-dealkylation sites (tertiary alicyclic amines) is 1. The Morgan fingerprint density at radius 2 is 1.98 bits per heavy atom. The van der Waals surface area contributed by atoms with Crippen LogP contribution in [0.5, 0.6) is 5.75 Å². The Balaban J connectivity index is 1.29. The largest absolute Gasteiger partial charge is 0.490 e. The van der Waals surface area contributed by atoms with Crippen molar-refractivity contribution in [2.24, 2.45) is 43.2 Å². The van der Waals surface area contributed by atoms with E-state index in [1.54, 1.807) is 6.08 Å². The minimum Gasteiger partial charge on any atom is -0.490 e. The number of rotatable bonds is 10. The maximum absolute atomic E-state index is 13.1. The number of ether oxygens (including phenoxy) is 1. The number of hydrogen-bond acceptors (Lipinski definition) is 12. The fraction of sp³-hybridized carbons (Fsp3) is 0.458. The van der Waals surface area contributed by atoms with Crippen LogP contribution in [-0.2, 0) is 16.0 Å². The predicted octanol–water partition coefficient (Wildman–Crippen LogP) is 0.111. The van der Waals surface area contributed by atoms with Gasteiger partial charge in [0.2, 0.25) is 5.91 Å². The molecule has 1 spiro atoms. The van der Waals surface area contributed by atoms with Crippen LogP contribution in [0, 0.1) is 0 Å². The summed E-state index contributed by atoms with van der Waals surface area (Å²) < 4.78 is 5.50. The Kier molecular flexibility index (Phi) is 9.82. The van der Waals surface area contributed by atoms with Gasteiger partial charge in [-0.15, -0.1) is 10.2 Å². The number of hydrazine groups is 1. The minimum absolute atomic E-state index is 0.00887. The lowest BCUT2D eigenvalue weighted by atomic mass is 9.88. The molecule has 3 aliphatic rings. The van der Waals surface area contributed by atoms with Crippen molar-refractivity contribution in [3.05, 3.63) is 53.5 Å². The summed E-state index contributed by atoms with van der Waals surface area (Å²) in [6, 6.07) is 7.72. The van der Waals surface area contributed by atoms with E-state index in [1.807, 2.05) is 29.2 Å². The number of halogens is 1. The average molecular weight is 588 g/mol. The molecule has 2 saturated heterocycles. The number of nitrogens with two attached hydrogens (primary N) is 3. The number of carbonyl (C=O) groups is 2. The van der Waals surface area contributed by atoms with Gasteiger partial charge in [0.1, 0.15) is 18.6 Å². The first-order valence-electron chi connectivity index (χ1n) is 12.9. The molecule has 17 heteroatoms. The molecule has 2 fully saturated rings. The van der Waals surface area contributed by atoms with E-state index in [4.69, 9.17) is 33.9 Å². The fourth-order valence-electron chi connectivity index (χ4n) is 4.91. The second kappa shape index (κ2) is 13.5. The molecular weight excluding hydrogens is 554 g/mol. The van der Waals surface area contributed by atoms with Gasteiger partial charge in [-0.05, 0) is 37.0 Å². The first kappa shape index (κ1) is 29.9. The highest BCUT2D eigenvalue weighted by Gasteiger charge is 2.46. The molecule has 0 saturated carbocycles. The Labute approximate surface area is 241 Å². The summed E-state index contributed by atoms with van der Waals surface area (Å²) >= 11 is 6.09. The van der Waals surface area contributed by atoms with Crippen molar-refractivity contribution >= 4 is 29.1 Å².